The van der Waals surface area contributed by atoms with Crippen molar-refractivity contribution < 1.29 is 9.66 Å². The number of benzene rings is 1. The number of nitrogens with one attached hydrogen (secondary N) is 1. The molecule has 0 amide bonds. The maximum atomic E-state index is 10.9. The summed E-state index contributed by atoms with van der Waals surface area (Å²) in [7, 11) is 1.42. The minimum Gasteiger partial charge on any atom is -0.490 e. The molecule has 1 aromatic carbocycles. The highest BCUT2D eigenvalue weighted by molar-refractivity contribution is 5.48. The topological polar surface area (TPSA) is 77.3 Å². The van der Waals surface area contributed by atoms with Crippen molar-refractivity contribution in [1.29, 1.82) is 0 Å². The molecule has 6 heteroatoms. The van der Waals surface area contributed by atoms with Crippen molar-refractivity contribution in [2.45, 2.75) is 13.0 Å². The second-order valence-corrected chi connectivity index (χ2v) is 4.55. The lowest BCUT2D eigenvalue weighted by Gasteiger charge is -2.07. The zero-order valence-electron chi connectivity index (χ0n) is 11.8. The van der Waals surface area contributed by atoms with Gasteiger partial charge in [0.1, 0.15) is 0 Å². The van der Waals surface area contributed by atoms with Crippen LogP contribution < -0.4 is 10.1 Å². The second-order valence-electron chi connectivity index (χ2n) is 4.55. The van der Waals surface area contributed by atoms with Crippen LogP contribution in [0.2, 0.25) is 0 Å². The molecular weight excluding hydrogens is 270 g/mol. The highest BCUT2D eigenvalue weighted by atomic mass is 16.6. The predicted octanol–water partition coefficient (Wildman–Crippen LogP) is 2.33. The Kier molecular flexibility index (Phi) is 5.22. The van der Waals surface area contributed by atoms with Crippen LogP contribution in [0.1, 0.15) is 11.1 Å². The Bertz CT molecular complexity index is 602. The summed E-state index contributed by atoms with van der Waals surface area (Å²) < 4.78 is 4.98. The van der Waals surface area contributed by atoms with E-state index in [1.54, 1.807) is 12.3 Å². The maximum absolute atomic E-state index is 10.9. The molecule has 21 heavy (non-hydrogen) atoms. The van der Waals surface area contributed by atoms with Crippen molar-refractivity contribution in [3.8, 4) is 5.75 Å². The Morgan fingerprint density at radius 1 is 1.33 bits per heavy atom. The molecule has 0 aliphatic carbocycles. The van der Waals surface area contributed by atoms with Crippen LogP contribution >= 0.6 is 0 Å². The van der Waals surface area contributed by atoms with E-state index < -0.39 is 4.92 Å². The number of ether oxygens (including phenoxy) is 1. The van der Waals surface area contributed by atoms with Gasteiger partial charge in [-0.15, -0.1) is 0 Å². The lowest BCUT2D eigenvalue weighted by molar-refractivity contribution is -0.385. The highest BCUT2D eigenvalue weighted by Crippen LogP contribution is 2.27. The lowest BCUT2D eigenvalue weighted by Crippen LogP contribution is -2.16. The van der Waals surface area contributed by atoms with Crippen molar-refractivity contribution in [3.63, 3.8) is 0 Å². The summed E-state index contributed by atoms with van der Waals surface area (Å²) in [5.74, 6) is 0.277. The average Bonchev–Trinajstić information content (AvgIpc) is 2.52. The van der Waals surface area contributed by atoms with Crippen molar-refractivity contribution in [2.75, 3.05) is 13.7 Å². The molecule has 0 aliphatic heterocycles. The molecule has 0 aliphatic rings. The van der Waals surface area contributed by atoms with Gasteiger partial charge in [-0.2, -0.15) is 0 Å². The number of rotatable bonds is 7. The number of pyridine rings is 1. The van der Waals surface area contributed by atoms with Gasteiger partial charge in [0.05, 0.1) is 12.0 Å². The van der Waals surface area contributed by atoms with Crippen molar-refractivity contribution in [1.82, 2.24) is 10.3 Å². The van der Waals surface area contributed by atoms with Crippen molar-refractivity contribution in [3.05, 3.63) is 64.0 Å². The van der Waals surface area contributed by atoms with Crippen LogP contribution in [0, 0.1) is 10.1 Å². The molecule has 1 aromatic heterocycles. The van der Waals surface area contributed by atoms with E-state index >= 15 is 0 Å². The summed E-state index contributed by atoms with van der Waals surface area (Å²) in [6.07, 6.45) is 4.44. The van der Waals surface area contributed by atoms with Crippen LogP contribution in [-0.4, -0.2) is 23.6 Å². The smallest absolute Gasteiger partial charge is 0.311 e. The number of hydrogen-bond acceptors (Lipinski definition) is 5. The van der Waals surface area contributed by atoms with E-state index in [1.165, 1.54) is 13.2 Å². The van der Waals surface area contributed by atoms with Gasteiger partial charge < -0.3 is 10.1 Å². The summed E-state index contributed by atoms with van der Waals surface area (Å²) in [5.41, 5.74) is 2.00. The minimum atomic E-state index is -0.433. The molecule has 1 N–H and O–H groups in total. The molecule has 0 atom stereocenters. The van der Waals surface area contributed by atoms with E-state index in [2.05, 4.69) is 10.3 Å². The first-order chi connectivity index (χ1) is 10.2. The van der Waals surface area contributed by atoms with Gasteiger partial charge in [0, 0.05) is 25.0 Å². The molecule has 2 aromatic rings. The van der Waals surface area contributed by atoms with E-state index in [-0.39, 0.29) is 11.4 Å². The zero-order valence-corrected chi connectivity index (χ0v) is 11.8. The summed E-state index contributed by atoms with van der Waals surface area (Å²) in [6.45, 7) is 1.36. The van der Waals surface area contributed by atoms with E-state index in [4.69, 9.17) is 4.74 Å². The predicted molar refractivity (Wildman–Crippen MR) is 79.3 cm³/mol. The highest BCUT2D eigenvalue weighted by Gasteiger charge is 2.14. The largest absolute Gasteiger partial charge is 0.490 e. The van der Waals surface area contributed by atoms with Crippen LogP contribution in [-0.2, 0) is 13.0 Å². The SMILES string of the molecule is COc1ccc(CNCCc2cccnc2)cc1[N+](=O)[O-]. The molecule has 0 spiro atoms. The molecule has 2 rings (SSSR count). The average molecular weight is 287 g/mol. The van der Waals surface area contributed by atoms with Gasteiger partial charge in [0.25, 0.3) is 0 Å². The van der Waals surface area contributed by atoms with Gasteiger partial charge in [-0.05, 0) is 36.2 Å². The summed E-state index contributed by atoms with van der Waals surface area (Å²) in [6, 6.07) is 8.91. The summed E-state index contributed by atoms with van der Waals surface area (Å²) in [4.78, 5) is 14.6. The van der Waals surface area contributed by atoms with Gasteiger partial charge in [-0.25, -0.2) is 0 Å². The number of hydrogen-bond donors (Lipinski definition) is 1. The zero-order chi connectivity index (χ0) is 15.1. The number of nitro groups is 1. The van der Waals surface area contributed by atoms with Gasteiger partial charge >= 0.3 is 5.69 Å². The van der Waals surface area contributed by atoms with Gasteiger partial charge in [0.2, 0.25) is 0 Å². The molecule has 0 bridgehead atoms. The minimum absolute atomic E-state index is 0.0101. The normalized spacial score (nSPS) is 10.3. The third-order valence-corrected chi connectivity index (χ3v) is 3.08. The summed E-state index contributed by atoms with van der Waals surface area (Å²) in [5, 5.41) is 14.2. The molecule has 0 radical (unpaired) electrons. The Hall–Kier alpha value is -2.47. The van der Waals surface area contributed by atoms with E-state index in [0.29, 0.717) is 6.54 Å². The molecule has 110 valence electrons. The quantitative estimate of drug-likeness (QED) is 0.480. The fraction of sp³-hybridized carbons (Fsp3) is 0.267. The lowest BCUT2D eigenvalue weighted by atomic mass is 10.1. The van der Waals surface area contributed by atoms with Crippen LogP contribution in [0.5, 0.6) is 5.75 Å². The van der Waals surface area contributed by atoms with E-state index in [9.17, 15) is 10.1 Å². The standard InChI is InChI=1S/C15H17N3O3/c1-21-15-5-4-13(9-14(15)18(19)20)11-17-8-6-12-3-2-7-16-10-12/h2-5,7,9-10,17H,6,8,11H2,1H3. The number of methoxy groups -OCH3 is 1. The fourth-order valence-corrected chi connectivity index (χ4v) is 2.00. The van der Waals surface area contributed by atoms with Crippen LogP contribution in [0.3, 0.4) is 0 Å². The van der Waals surface area contributed by atoms with Crippen LogP contribution in [0.15, 0.2) is 42.7 Å². The second kappa shape index (κ2) is 7.35. The number of aromatic nitrogens is 1. The van der Waals surface area contributed by atoms with Gasteiger partial charge in [0.15, 0.2) is 5.75 Å². The first kappa shape index (κ1) is 14.9. The molecular formula is C15H17N3O3. The Balaban J connectivity index is 1.88. The van der Waals surface area contributed by atoms with Crippen molar-refractivity contribution in [2.24, 2.45) is 0 Å². The molecule has 0 saturated heterocycles. The first-order valence-corrected chi connectivity index (χ1v) is 6.61. The number of nitrogens with zero attached hydrogens (tertiary/aromatic N) is 2. The number of nitro benzene ring substituents is 1. The molecule has 1 heterocycles. The third-order valence-electron chi connectivity index (χ3n) is 3.08. The van der Waals surface area contributed by atoms with E-state index in [1.807, 2.05) is 24.4 Å². The summed E-state index contributed by atoms with van der Waals surface area (Å²) >= 11 is 0. The first-order valence-electron chi connectivity index (χ1n) is 6.61. The Labute approximate surface area is 122 Å². The Morgan fingerprint density at radius 3 is 2.86 bits per heavy atom. The molecule has 6 nitrogen and oxygen atoms in total. The van der Waals surface area contributed by atoms with Gasteiger partial charge in [-0.3, -0.25) is 15.1 Å². The molecule has 0 fully saturated rings. The maximum Gasteiger partial charge on any atom is 0.311 e. The van der Waals surface area contributed by atoms with Crippen LogP contribution in [0.4, 0.5) is 5.69 Å². The molecule has 0 saturated carbocycles. The van der Waals surface area contributed by atoms with Gasteiger partial charge in [-0.1, -0.05) is 12.1 Å². The van der Waals surface area contributed by atoms with Crippen LogP contribution in [0.25, 0.3) is 0 Å². The monoisotopic (exact) mass is 287 g/mol. The fourth-order valence-electron chi connectivity index (χ4n) is 2.00. The molecule has 0 unspecified atom stereocenters. The van der Waals surface area contributed by atoms with Crippen molar-refractivity contribution >= 4 is 5.69 Å². The van der Waals surface area contributed by atoms with E-state index in [0.717, 1.165) is 24.1 Å². The Morgan fingerprint density at radius 2 is 2.19 bits per heavy atom. The third kappa shape index (κ3) is 4.25.